The van der Waals surface area contributed by atoms with Crippen molar-refractivity contribution in [2.24, 2.45) is 9.98 Å². The molecule has 3 heteroatoms. The normalized spacial score (nSPS) is 24.6. The van der Waals surface area contributed by atoms with Crippen molar-refractivity contribution in [3.63, 3.8) is 0 Å². The molecule has 2 heterocycles. The second-order valence-corrected chi connectivity index (χ2v) is 5.18. The summed E-state index contributed by atoms with van der Waals surface area (Å²) in [6.45, 7) is 3.13. The first-order chi connectivity index (χ1) is 8.83. The quantitative estimate of drug-likeness (QED) is 0.681. The minimum atomic E-state index is 0.385. The molecule has 3 nitrogen and oxygen atoms in total. The van der Waals surface area contributed by atoms with Crippen molar-refractivity contribution in [3.05, 3.63) is 41.0 Å². The van der Waals surface area contributed by atoms with Crippen LogP contribution in [0, 0.1) is 0 Å². The Labute approximate surface area is 107 Å². The Morgan fingerprint density at radius 3 is 3.06 bits per heavy atom. The van der Waals surface area contributed by atoms with Crippen LogP contribution in [0.4, 0.5) is 0 Å². The van der Waals surface area contributed by atoms with Crippen molar-refractivity contribution < 1.29 is 0 Å². The average Bonchev–Trinajstić information content (AvgIpc) is 2.79. The summed E-state index contributed by atoms with van der Waals surface area (Å²) in [5.41, 5.74) is 5.17. The maximum absolute atomic E-state index is 4.76. The van der Waals surface area contributed by atoms with Crippen molar-refractivity contribution >= 4 is 17.9 Å². The molecular weight excluding hydrogens is 222 g/mol. The van der Waals surface area contributed by atoms with Crippen LogP contribution in [0.1, 0.15) is 24.5 Å². The van der Waals surface area contributed by atoms with Gasteiger partial charge >= 0.3 is 0 Å². The first kappa shape index (κ1) is 10.1. The Morgan fingerprint density at radius 2 is 2.11 bits per heavy atom. The van der Waals surface area contributed by atoms with Crippen molar-refractivity contribution in [2.75, 3.05) is 6.54 Å². The number of aryl methyl sites for hydroxylation is 1. The van der Waals surface area contributed by atoms with Gasteiger partial charge in [0.2, 0.25) is 0 Å². The van der Waals surface area contributed by atoms with E-state index < -0.39 is 0 Å². The number of rotatable bonds is 0. The Balaban J connectivity index is 1.90. The van der Waals surface area contributed by atoms with E-state index in [-0.39, 0.29) is 0 Å². The molecule has 90 valence electrons. The van der Waals surface area contributed by atoms with Crippen molar-refractivity contribution in [1.82, 2.24) is 4.90 Å². The Hall–Kier alpha value is -1.90. The molecule has 1 aromatic carbocycles. The van der Waals surface area contributed by atoms with Gasteiger partial charge in [-0.1, -0.05) is 24.3 Å². The summed E-state index contributed by atoms with van der Waals surface area (Å²) < 4.78 is 0. The lowest BCUT2D eigenvalue weighted by molar-refractivity contribution is 0.607. The standard InChI is InChI=1S/C15H15N3/c1-10-8-18-9-16-14-12-5-3-2-4-11(12)6-7-13(14)15(18)17-10/h2-5,9-10H,6-8H2,1H3. The van der Waals surface area contributed by atoms with E-state index in [4.69, 9.17) is 4.99 Å². The minimum absolute atomic E-state index is 0.385. The second-order valence-electron chi connectivity index (χ2n) is 5.18. The number of aliphatic imine (C=N–C) groups is 2. The molecule has 1 atom stereocenters. The van der Waals surface area contributed by atoms with E-state index in [0.717, 1.165) is 30.9 Å². The molecular formula is C15H15N3. The van der Waals surface area contributed by atoms with E-state index in [9.17, 15) is 0 Å². The lowest BCUT2D eigenvalue weighted by Gasteiger charge is -2.28. The summed E-state index contributed by atoms with van der Waals surface area (Å²) >= 11 is 0. The molecule has 0 fully saturated rings. The first-order valence-electron chi connectivity index (χ1n) is 6.53. The van der Waals surface area contributed by atoms with Crippen molar-refractivity contribution in [3.8, 4) is 0 Å². The minimum Gasteiger partial charge on any atom is -0.315 e. The van der Waals surface area contributed by atoms with Crippen molar-refractivity contribution in [1.29, 1.82) is 0 Å². The summed E-state index contributed by atoms with van der Waals surface area (Å²) in [4.78, 5) is 11.6. The molecule has 0 spiro atoms. The topological polar surface area (TPSA) is 28.0 Å². The van der Waals surface area contributed by atoms with Crippen LogP contribution in [0.2, 0.25) is 0 Å². The SMILES string of the molecule is CC1CN2C=NC3=C(CCc4ccccc43)C2=N1. The molecule has 1 aliphatic carbocycles. The summed E-state index contributed by atoms with van der Waals surface area (Å²) in [5.74, 6) is 1.15. The van der Waals surface area contributed by atoms with Gasteiger partial charge in [0, 0.05) is 17.7 Å². The first-order valence-corrected chi connectivity index (χ1v) is 6.53. The van der Waals surface area contributed by atoms with Gasteiger partial charge in [0.05, 0.1) is 18.1 Å². The van der Waals surface area contributed by atoms with Gasteiger partial charge in [0.1, 0.15) is 5.84 Å². The lowest BCUT2D eigenvalue weighted by atomic mass is 9.88. The van der Waals surface area contributed by atoms with E-state index in [1.807, 2.05) is 6.34 Å². The predicted molar refractivity (Wildman–Crippen MR) is 73.8 cm³/mol. The predicted octanol–water partition coefficient (Wildman–Crippen LogP) is 2.49. The third kappa shape index (κ3) is 1.30. The summed E-state index contributed by atoms with van der Waals surface area (Å²) in [7, 11) is 0. The molecule has 0 saturated carbocycles. The van der Waals surface area contributed by atoms with Crippen LogP contribution in [0.5, 0.6) is 0 Å². The summed E-state index contributed by atoms with van der Waals surface area (Å²) in [6, 6.07) is 8.97. The third-order valence-corrected chi connectivity index (χ3v) is 3.87. The number of fused-ring (bicyclic) bond motifs is 4. The zero-order valence-electron chi connectivity index (χ0n) is 10.4. The molecule has 1 aromatic rings. The zero-order valence-corrected chi connectivity index (χ0v) is 10.4. The number of amidine groups is 1. The van der Waals surface area contributed by atoms with Crippen molar-refractivity contribution in [2.45, 2.75) is 25.8 Å². The highest BCUT2D eigenvalue weighted by Crippen LogP contribution is 2.36. The Morgan fingerprint density at radius 1 is 1.22 bits per heavy atom. The smallest absolute Gasteiger partial charge is 0.134 e. The molecule has 1 unspecified atom stereocenters. The van der Waals surface area contributed by atoms with Gasteiger partial charge in [-0.25, -0.2) is 4.99 Å². The van der Waals surface area contributed by atoms with E-state index >= 15 is 0 Å². The lowest BCUT2D eigenvalue weighted by Crippen LogP contribution is -2.32. The number of hydrogen-bond acceptors (Lipinski definition) is 3. The molecule has 18 heavy (non-hydrogen) atoms. The van der Waals surface area contributed by atoms with Crippen LogP contribution >= 0.6 is 0 Å². The van der Waals surface area contributed by atoms with Crippen LogP contribution in [0.25, 0.3) is 5.70 Å². The number of hydrogen-bond donors (Lipinski definition) is 0. The summed E-state index contributed by atoms with van der Waals surface area (Å²) in [5, 5.41) is 0. The van der Waals surface area contributed by atoms with E-state index in [2.05, 4.69) is 41.1 Å². The van der Waals surface area contributed by atoms with Gasteiger partial charge in [0.25, 0.3) is 0 Å². The van der Waals surface area contributed by atoms with Gasteiger partial charge in [0.15, 0.2) is 0 Å². The molecule has 0 N–H and O–H groups in total. The third-order valence-electron chi connectivity index (χ3n) is 3.87. The second kappa shape index (κ2) is 3.55. The molecule has 0 saturated heterocycles. The van der Waals surface area contributed by atoms with Gasteiger partial charge in [-0.05, 0) is 25.3 Å². The zero-order chi connectivity index (χ0) is 12.1. The highest BCUT2D eigenvalue weighted by Gasteiger charge is 2.31. The highest BCUT2D eigenvalue weighted by molar-refractivity contribution is 6.13. The van der Waals surface area contributed by atoms with E-state index in [0.29, 0.717) is 6.04 Å². The molecule has 0 aromatic heterocycles. The molecule has 0 bridgehead atoms. The fourth-order valence-corrected chi connectivity index (χ4v) is 3.05. The van der Waals surface area contributed by atoms with Gasteiger partial charge in [-0.2, -0.15) is 0 Å². The van der Waals surface area contributed by atoms with Crippen LogP contribution in [-0.2, 0) is 6.42 Å². The maximum atomic E-state index is 4.76. The number of benzene rings is 1. The number of nitrogens with zero attached hydrogens (tertiary/aromatic N) is 3. The monoisotopic (exact) mass is 237 g/mol. The van der Waals surface area contributed by atoms with Crippen LogP contribution in [-0.4, -0.2) is 29.7 Å². The fourth-order valence-electron chi connectivity index (χ4n) is 3.05. The molecule has 4 rings (SSSR count). The van der Waals surface area contributed by atoms with Gasteiger partial charge in [-0.3, -0.25) is 4.99 Å². The Bertz CT molecular complexity index is 610. The van der Waals surface area contributed by atoms with E-state index in [1.54, 1.807) is 0 Å². The van der Waals surface area contributed by atoms with Gasteiger partial charge < -0.3 is 4.90 Å². The van der Waals surface area contributed by atoms with Gasteiger partial charge in [-0.15, -0.1) is 0 Å². The maximum Gasteiger partial charge on any atom is 0.134 e. The Kier molecular flexibility index (Phi) is 1.98. The molecule has 3 aliphatic rings. The molecule has 0 amide bonds. The molecule has 0 radical (unpaired) electrons. The molecule has 2 aliphatic heterocycles. The highest BCUT2D eigenvalue weighted by atomic mass is 15.3. The largest absolute Gasteiger partial charge is 0.315 e. The summed E-state index contributed by atoms with van der Waals surface area (Å²) in [6.07, 6.45) is 4.11. The fraction of sp³-hybridized carbons (Fsp3) is 0.333. The average molecular weight is 237 g/mol. The van der Waals surface area contributed by atoms with Crippen LogP contribution < -0.4 is 0 Å². The van der Waals surface area contributed by atoms with Crippen LogP contribution in [0.3, 0.4) is 0 Å². The van der Waals surface area contributed by atoms with E-state index in [1.165, 1.54) is 16.7 Å². The van der Waals surface area contributed by atoms with Crippen LogP contribution in [0.15, 0.2) is 39.8 Å².